The first-order valence-corrected chi connectivity index (χ1v) is 15.4. The zero-order chi connectivity index (χ0) is 32.7. The van der Waals surface area contributed by atoms with Crippen LogP contribution in [0.4, 0.5) is 4.79 Å². The molecule has 0 spiro atoms. The number of ether oxygens (including phenoxy) is 3. The van der Waals surface area contributed by atoms with Gasteiger partial charge in [-0.2, -0.15) is 0 Å². The van der Waals surface area contributed by atoms with E-state index in [0.717, 1.165) is 25.2 Å². The van der Waals surface area contributed by atoms with E-state index in [1.165, 1.54) is 24.7 Å². The van der Waals surface area contributed by atoms with E-state index >= 15 is 0 Å². The second-order valence-corrected chi connectivity index (χ2v) is 11.9. The average Bonchev–Trinajstić information content (AvgIpc) is 3.04. The number of benzene rings is 2. The summed E-state index contributed by atoms with van der Waals surface area (Å²) >= 11 is 0. The molecule has 0 radical (unpaired) electrons. The molecule has 1 N–H and O–H groups in total. The number of piperazine rings is 2. The Morgan fingerprint density at radius 3 is 1.82 bits per heavy atom. The van der Waals surface area contributed by atoms with Crippen molar-refractivity contribution >= 4 is 30.2 Å². The van der Waals surface area contributed by atoms with Crippen molar-refractivity contribution in [1.29, 1.82) is 0 Å². The highest BCUT2D eigenvalue weighted by Crippen LogP contribution is 2.17. The molecule has 2 aromatic carbocycles. The van der Waals surface area contributed by atoms with Crippen LogP contribution in [0.2, 0.25) is 0 Å². The van der Waals surface area contributed by atoms with Gasteiger partial charge in [-0.3, -0.25) is 19.5 Å². The van der Waals surface area contributed by atoms with Crippen LogP contribution < -0.4 is 5.32 Å². The van der Waals surface area contributed by atoms with E-state index < -0.39 is 23.7 Å². The van der Waals surface area contributed by atoms with Crippen LogP contribution in [0.3, 0.4) is 0 Å². The van der Waals surface area contributed by atoms with Gasteiger partial charge in [0.25, 0.3) is 0 Å². The van der Waals surface area contributed by atoms with Crippen molar-refractivity contribution in [1.82, 2.24) is 20.0 Å². The minimum atomic E-state index is -0.659. The van der Waals surface area contributed by atoms with Gasteiger partial charge in [-0.25, -0.2) is 9.59 Å². The molecule has 4 rings (SSSR count). The number of esters is 2. The summed E-state index contributed by atoms with van der Waals surface area (Å²) in [4.78, 5) is 41.9. The molecule has 0 saturated carbocycles. The fraction of sp³-hybridized carbons (Fsp3) is 0.457. The Bertz CT molecular complexity index is 1260. The second kappa shape index (κ2) is 18.1. The van der Waals surface area contributed by atoms with Gasteiger partial charge >= 0.3 is 18.0 Å². The third-order valence-electron chi connectivity index (χ3n) is 7.26. The van der Waals surface area contributed by atoms with E-state index in [1.54, 1.807) is 0 Å². The minimum Gasteiger partial charge on any atom is -0.468 e. The third kappa shape index (κ3) is 12.5. The highest BCUT2D eigenvalue weighted by atomic mass is 16.6. The van der Waals surface area contributed by atoms with Gasteiger partial charge in [0.1, 0.15) is 17.7 Å². The first-order valence-electron chi connectivity index (χ1n) is 15.4. The van der Waals surface area contributed by atoms with E-state index in [1.807, 2.05) is 75.4 Å². The molecule has 2 atom stereocenters. The molecule has 2 saturated heterocycles. The molecule has 10 nitrogen and oxygen atoms in total. The number of carbonyl (C=O) groups excluding carboxylic acids is 3. The van der Waals surface area contributed by atoms with Crippen LogP contribution in [0.25, 0.3) is 12.2 Å². The summed E-state index contributed by atoms with van der Waals surface area (Å²) in [6.45, 7) is 11.0. The summed E-state index contributed by atoms with van der Waals surface area (Å²) in [6.07, 6.45) is 7.87. The summed E-state index contributed by atoms with van der Waals surface area (Å²) in [7, 11) is 2.77. The van der Waals surface area contributed by atoms with Gasteiger partial charge in [0, 0.05) is 52.4 Å². The van der Waals surface area contributed by atoms with Crippen LogP contribution in [0.15, 0.2) is 72.8 Å². The normalized spacial score (nSPS) is 19.5. The van der Waals surface area contributed by atoms with Crippen molar-refractivity contribution < 1.29 is 28.6 Å². The predicted molar refractivity (Wildman–Crippen MR) is 176 cm³/mol. The maximum Gasteiger partial charge on any atom is 0.411 e. The number of carbonyl (C=O) groups is 3. The van der Waals surface area contributed by atoms with Crippen molar-refractivity contribution in [3.05, 3.63) is 83.9 Å². The molecule has 45 heavy (non-hydrogen) atoms. The SMILES string of the molecule is COC(=O)[C@@H]1CN(C/C=C/c2ccccc2)CCN1.COC(=O)[C@@H]1CN(C/C=C/c2ccccc2)CCN1C(=O)OC(C)(C)C. The van der Waals surface area contributed by atoms with Gasteiger partial charge in [-0.1, -0.05) is 85.0 Å². The standard InChI is InChI=1S/C20H28N2O4.C15H20N2O2/c1-20(2,3)26-19(24)22-14-13-21(15-17(22)18(23)25-4)12-8-11-16-9-6-5-7-10-16;1-19-15(18)14-12-17(11-9-16-14)10-5-8-13-6-3-2-4-7-13/h5-11,17H,12-15H2,1-4H3;2-8,14,16H,9-12H2,1H3/b11-8+;8-5+/t17-;14-/m00/s1. The van der Waals surface area contributed by atoms with Crippen molar-refractivity contribution in [3.8, 4) is 0 Å². The molecule has 0 aliphatic carbocycles. The largest absolute Gasteiger partial charge is 0.468 e. The van der Waals surface area contributed by atoms with Crippen molar-refractivity contribution in [2.45, 2.75) is 38.5 Å². The molecule has 0 bridgehead atoms. The fourth-order valence-electron chi connectivity index (χ4n) is 4.96. The highest BCUT2D eigenvalue weighted by Gasteiger charge is 2.38. The Hall–Kier alpha value is -3.99. The van der Waals surface area contributed by atoms with Crippen LogP contribution in [0.5, 0.6) is 0 Å². The molecule has 10 heteroatoms. The Kier molecular flexibility index (Phi) is 14.3. The number of amides is 1. The lowest BCUT2D eigenvalue weighted by Gasteiger charge is -2.39. The zero-order valence-electron chi connectivity index (χ0n) is 27.2. The van der Waals surface area contributed by atoms with E-state index in [-0.39, 0.29) is 12.0 Å². The highest BCUT2D eigenvalue weighted by molar-refractivity contribution is 5.82. The monoisotopic (exact) mass is 620 g/mol. The Morgan fingerprint density at radius 1 is 0.778 bits per heavy atom. The molecule has 2 aromatic rings. The molecular weight excluding hydrogens is 572 g/mol. The molecule has 244 valence electrons. The Labute approximate surface area is 267 Å². The quantitative estimate of drug-likeness (QED) is 0.348. The van der Waals surface area contributed by atoms with Gasteiger partial charge in [0.2, 0.25) is 0 Å². The van der Waals surface area contributed by atoms with E-state index in [9.17, 15) is 14.4 Å². The Balaban J connectivity index is 0.000000257. The summed E-state index contributed by atoms with van der Waals surface area (Å²) in [5.41, 5.74) is 1.72. The summed E-state index contributed by atoms with van der Waals surface area (Å²) < 4.78 is 15.1. The van der Waals surface area contributed by atoms with Crippen LogP contribution in [-0.4, -0.2) is 117 Å². The van der Waals surface area contributed by atoms with Crippen LogP contribution >= 0.6 is 0 Å². The van der Waals surface area contributed by atoms with Gasteiger partial charge in [0.15, 0.2) is 0 Å². The van der Waals surface area contributed by atoms with Crippen molar-refractivity contribution in [2.24, 2.45) is 0 Å². The van der Waals surface area contributed by atoms with Crippen LogP contribution in [0.1, 0.15) is 31.9 Å². The summed E-state index contributed by atoms with van der Waals surface area (Å²) in [5.74, 6) is -0.607. The lowest BCUT2D eigenvalue weighted by molar-refractivity contribution is -0.149. The minimum absolute atomic E-state index is 0.184. The lowest BCUT2D eigenvalue weighted by Crippen LogP contribution is -2.59. The van der Waals surface area contributed by atoms with Gasteiger partial charge in [0.05, 0.1) is 14.2 Å². The van der Waals surface area contributed by atoms with Crippen molar-refractivity contribution in [3.63, 3.8) is 0 Å². The predicted octanol–water partition coefficient (Wildman–Crippen LogP) is 3.94. The molecule has 2 fully saturated rings. The van der Waals surface area contributed by atoms with Crippen LogP contribution in [-0.2, 0) is 23.8 Å². The smallest absolute Gasteiger partial charge is 0.411 e. The summed E-state index contributed by atoms with van der Waals surface area (Å²) in [6, 6.07) is 19.4. The number of rotatable bonds is 8. The molecule has 1 amide bonds. The number of nitrogens with zero attached hydrogens (tertiary/aromatic N) is 3. The molecule has 0 aromatic heterocycles. The average molecular weight is 621 g/mol. The first-order chi connectivity index (χ1) is 21.6. The third-order valence-corrected chi connectivity index (χ3v) is 7.26. The van der Waals surface area contributed by atoms with E-state index in [2.05, 4.69) is 45.5 Å². The number of methoxy groups -OCH3 is 2. The number of hydrogen-bond acceptors (Lipinski definition) is 9. The first kappa shape index (κ1) is 35.5. The Morgan fingerprint density at radius 2 is 1.31 bits per heavy atom. The van der Waals surface area contributed by atoms with E-state index in [4.69, 9.17) is 14.2 Å². The molecule has 0 unspecified atom stereocenters. The molecule has 2 aliphatic heterocycles. The lowest BCUT2D eigenvalue weighted by atomic mass is 10.1. The number of hydrogen-bond donors (Lipinski definition) is 1. The van der Waals surface area contributed by atoms with Crippen molar-refractivity contribution in [2.75, 3.05) is 66.6 Å². The van der Waals surface area contributed by atoms with Gasteiger partial charge in [-0.05, 0) is 31.9 Å². The maximum atomic E-state index is 12.4. The van der Waals surface area contributed by atoms with E-state index in [0.29, 0.717) is 32.7 Å². The topological polar surface area (TPSA) is 101 Å². The van der Waals surface area contributed by atoms with Crippen LogP contribution in [0, 0.1) is 0 Å². The molecule has 2 heterocycles. The molecular formula is C35H48N4O6. The zero-order valence-corrected chi connectivity index (χ0v) is 27.2. The maximum absolute atomic E-state index is 12.4. The van der Waals surface area contributed by atoms with Gasteiger partial charge < -0.3 is 19.5 Å². The second-order valence-electron chi connectivity index (χ2n) is 11.9. The fourth-order valence-corrected chi connectivity index (χ4v) is 4.96. The van der Waals surface area contributed by atoms with Gasteiger partial charge in [-0.15, -0.1) is 0 Å². The number of nitrogens with one attached hydrogen (secondary N) is 1. The molecule has 2 aliphatic rings. The summed E-state index contributed by atoms with van der Waals surface area (Å²) in [5, 5.41) is 3.17.